The van der Waals surface area contributed by atoms with E-state index in [0.717, 1.165) is 26.9 Å². The third kappa shape index (κ3) is 5.88. The zero-order chi connectivity index (χ0) is 19.9. The number of thiazole rings is 1. The van der Waals surface area contributed by atoms with E-state index < -0.39 is 0 Å². The summed E-state index contributed by atoms with van der Waals surface area (Å²) in [6, 6.07) is 13.1. The second-order valence-corrected chi connectivity index (χ2v) is 8.82. The lowest BCUT2D eigenvalue weighted by atomic mass is 10.2. The van der Waals surface area contributed by atoms with Gasteiger partial charge in [-0.25, -0.2) is 4.98 Å². The van der Waals surface area contributed by atoms with E-state index in [-0.39, 0.29) is 12.3 Å². The minimum atomic E-state index is -0.0755. The van der Waals surface area contributed by atoms with Gasteiger partial charge in [0.05, 0.1) is 19.2 Å². The highest BCUT2D eigenvalue weighted by atomic mass is 35.5. The van der Waals surface area contributed by atoms with Gasteiger partial charge < -0.3 is 10.1 Å². The summed E-state index contributed by atoms with van der Waals surface area (Å²) in [6.07, 6.45) is 0.244. The number of nitrogens with one attached hydrogen (secondary N) is 1. The molecule has 0 atom stereocenters. The number of hydrogen-bond donors (Lipinski definition) is 1. The molecule has 1 N–H and O–H groups in total. The number of para-hydroxylation sites is 1. The van der Waals surface area contributed by atoms with Crippen LogP contribution in [-0.2, 0) is 23.5 Å². The van der Waals surface area contributed by atoms with Crippen molar-refractivity contribution in [2.45, 2.75) is 23.1 Å². The highest BCUT2D eigenvalue weighted by Gasteiger charge is 2.10. The van der Waals surface area contributed by atoms with Gasteiger partial charge in [-0.15, -0.1) is 11.3 Å². The van der Waals surface area contributed by atoms with Crippen molar-refractivity contribution in [3.63, 3.8) is 0 Å². The molecule has 2 aromatic carbocycles. The van der Waals surface area contributed by atoms with Crippen molar-refractivity contribution in [1.82, 2.24) is 10.3 Å². The molecule has 4 nitrogen and oxygen atoms in total. The van der Waals surface area contributed by atoms with Gasteiger partial charge in [-0.2, -0.15) is 0 Å². The Morgan fingerprint density at radius 3 is 2.82 bits per heavy atom. The first-order chi connectivity index (χ1) is 13.5. The van der Waals surface area contributed by atoms with Crippen LogP contribution in [0.3, 0.4) is 0 Å². The molecule has 3 rings (SSSR count). The van der Waals surface area contributed by atoms with Gasteiger partial charge in [0.25, 0.3) is 0 Å². The summed E-state index contributed by atoms with van der Waals surface area (Å²) in [5.41, 5.74) is 2.70. The van der Waals surface area contributed by atoms with E-state index in [4.69, 9.17) is 27.9 Å². The highest BCUT2D eigenvalue weighted by molar-refractivity contribution is 8.00. The van der Waals surface area contributed by atoms with Gasteiger partial charge >= 0.3 is 0 Å². The fourth-order valence-electron chi connectivity index (χ4n) is 2.48. The lowest BCUT2D eigenvalue weighted by Crippen LogP contribution is -2.24. The molecule has 0 aliphatic heterocycles. The molecule has 0 saturated heterocycles. The minimum absolute atomic E-state index is 0.0755. The monoisotopic (exact) mass is 452 g/mol. The topological polar surface area (TPSA) is 51.2 Å². The number of benzene rings is 2. The normalized spacial score (nSPS) is 10.7. The number of methoxy groups -OCH3 is 1. The Hall–Kier alpha value is -1.73. The number of nitrogens with zero attached hydrogens (tertiary/aromatic N) is 1. The molecule has 0 spiro atoms. The van der Waals surface area contributed by atoms with Gasteiger partial charge in [0.1, 0.15) is 10.1 Å². The fraction of sp³-hybridized carbons (Fsp3) is 0.200. The molecule has 1 heterocycles. The van der Waals surface area contributed by atoms with Crippen LogP contribution in [0, 0.1) is 0 Å². The summed E-state index contributed by atoms with van der Waals surface area (Å²) >= 11 is 15.2. The first-order valence-electron chi connectivity index (χ1n) is 8.45. The number of aromatic nitrogens is 1. The number of halogens is 2. The van der Waals surface area contributed by atoms with Gasteiger partial charge in [0.2, 0.25) is 5.91 Å². The van der Waals surface area contributed by atoms with E-state index in [1.807, 2.05) is 41.8 Å². The maximum atomic E-state index is 12.2. The van der Waals surface area contributed by atoms with Crippen LogP contribution in [0.25, 0.3) is 0 Å². The Kier molecular flexibility index (Phi) is 7.62. The van der Waals surface area contributed by atoms with E-state index in [1.165, 1.54) is 11.3 Å². The van der Waals surface area contributed by atoms with Crippen molar-refractivity contribution in [3.05, 3.63) is 74.7 Å². The predicted octanol–water partition coefficient (Wildman–Crippen LogP) is 5.61. The van der Waals surface area contributed by atoms with Gasteiger partial charge in [0.15, 0.2) is 0 Å². The van der Waals surface area contributed by atoms with Crippen molar-refractivity contribution >= 4 is 52.2 Å². The standard InChI is InChI=1S/C20H18Cl2N2O2S2/c1-26-18-5-3-2-4-13(18)10-23-19(25)9-16-12-28-20(24-16)27-11-14-6-7-15(21)8-17(14)22/h2-8,12H,9-11H2,1H3,(H,23,25). The molecule has 3 aromatic rings. The number of amides is 1. The molecule has 0 aliphatic rings. The summed E-state index contributed by atoms with van der Waals surface area (Å²) < 4.78 is 6.20. The molecule has 0 radical (unpaired) electrons. The highest BCUT2D eigenvalue weighted by Crippen LogP contribution is 2.30. The zero-order valence-corrected chi connectivity index (χ0v) is 18.2. The first kappa shape index (κ1) is 21.0. The maximum Gasteiger partial charge on any atom is 0.226 e. The molecule has 28 heavy (non-hydrogen) atoms. The Morgan fingerprint density at radius 1 is 1.21 bits per heavy atom. The van der Waals surface area contributed by atoms with Gasteiger partial charge in [-0.05, 0) is 23.8 Å². The van der Waals surface area contributed by atoms with Crippen LogP contribution in [0.4, 0.5) is 0 Å². The number of hydrogen-bond acceptors (Lipinski definition) is 5. The Labute approximate surface area is 182 Å². The van der Waals surface area contributed by atoms with Crippen LogP contribution in [0.15, 0.2) is 52.2 Å². The largest absolute Gasteiger partial charge is 0.496 e. The lowest BCUT2D eigenvalue weighted by molar-refractivity contribution is -0.120. The SMILES string of the molecule is COc1ccccc1CNC(=O)Cc1csc(SCc2ccc(Cl)cc2Cl)n1. The molecule has 1 aromatic heterocycles. The van der Waals surface area contributed by atoms with E-state index in [0.29, 0.717) is 22.3 Å². The van der Waals surface area contributed by atoms with E-state index in [2.05, 4.69) is 10.3 Å². The van der Waals surface area contributed by atoms with Crippen molar-refractivity contribution in [2.75, 3.05) is 7.11 Å². The van der Waals surface area contributed by atoms with Crippen LogP contribution in [0.1, 0.15) is 16.8 Å². The summed E-state index contributed by atoms with van der Waals surface area (Å²) in [4.78, 5) is 16.8. The Balaban J connectivity index is 1.50. The molecule has 0 saturated carbocycles. The molecule has 1 amide bonds. The zero-order valence-electron chi connectivity index (χ0n) is 15.1. The number of thioether (sulfide) groups is 1. The Bertz CT molecular complexity index is 963. The molecular formula is C20H18Cl2N2O2S2. The van der Waals surface area contributed by atoms with E-state index in [1.54, 1.807) is 24.9 Å². The van der Waals surface area contributed by atoms with Crippen molar-refractivity contribution < 1.29 is 9.53 Å². The number of ether oxygens (including phenoxy) is 1. The number of carbonyl (C=O) groups excluding carboxylic acids is 1. The molecular weight excluding hydrogens is 435 g/mol. The quantitative estimate of drug-likeness (QED) is 0.451. The van der Waals surface area contributed by atoms with Crippen molar-refractivity contribution in [1.29, 1.82) is 0 Å². The van der Waals surface area contributed by atoms with Gasteiger partial charge in [0, 0.05) is 33.3 Å². The molecule has 8 heteroatoms. The molecule has 0 aliphatic carbocycles. The average Bonchev–Trinajstić information content (AvgIpc) is 3.13. The second-order valence-electron chi connectivity index (χ2n) is 5.89. The van der Waals surface area contributed by atoms with Crippen molar-refractivity contribution in [3.8, 4) is 5.75 Å². The molecule has 146 valence electrons. The van der Waals surface area contributed by atoms with Crippen LogP contribution in [0.2, 0.25) is 10.0 Å². The van der Waals surface area contributed by atoms with Gasteiger partial charge in [-0.1, -0.05) is 59.2 Å². The molecule has 0 bridgehead atoms. The molecule has 0 unspecified atom stereocenters. The Morgan fingerprint density at radius 2 is 2.04 bits per heavy atom. The predicted molar refractivity (Wildman–Crippen MR) is 117 cm³/mol. The van der Waals surface area contributed by atoms with Crippen LogP contribution in [-0.4, -0.2) is 18.0 Å². The third-order valence-electron chi connectivity index (χ3n) is 3.91. The lowest BCUT2D eigenvalue weighted by Gasteiger charge is -2.09. The fourth-order valence-corrected chi connectivity index (χ4v) is 4.89. The van der Waals surface area contributed by atoms with E-state index >= 15 is 0 Å². The minimum Gasteiger partial charge on any atom is -0.496 e. The van der Waals surface area contributed by atoms with Crippen LogP contribution >= 0.6 is 46.3 Å². The molecule has 0 fully saturated rings. The summed E-state index contributed by atoms with van der Waals surface area (Å²) in [6.45, 7) is 0.420. The second kappa shape index (κ2) is 10.2. The van der Waals surface area contributed by atoms with Crippen LogP contribution in [0.5, 0.6) is 5.75 Å². The number of carbonyl (C=O) groups is 1. The summed E-state index contributed by atoms with van der Waals surface area (Å²) in [5, 5.41) is 6.09. The summed E-state index contributed by atoms with van der Waals surface area (Å²) in [7, 11) is 1.62. The van der Waals surface area contributed by atoms with E-state index in [9.17, 15) is 4.79 Å². The van der Waals surface area contributed by atoms with Crippen molar-refractivity contribution in [2.24, 2.45) is 0 Å². The van der Waals surface area contributed by atoms with Gasteiger partial charge in [-0.3, -0.25) is 4.79 Å². The smallest absolute Gasteiger partial charge is 0.226 e. The number of rotatable bonds is 8. The summed E-state index contributed by atoms with van der Waals surface area (Å²) in [5.74, 6) is 1.38. The average molecular weight is 453 g/mol. The van der Waals surface area contributed by atoms with Crippen LogP contribution < -0.4 is 10.1 Å². The maximum absolute atomic E-state index is 12.2. The third-order valence-corrected chi connectivity index (χ3v) is 6.61. The first-order valence-corrected chi connectivity index (χ1v) is 11.1.